The van der Waals surface area contributed by atoms with Crippen LogP contribution in [0.2, 0.25) is 0 Å². The molecule has 2 amide bonds. The minimum Gasteiger partial charge on any atom is -0.444 e. The number of benzene rings is 2. The number of carbonyl (C=O) groups is 3. The number of hydrogen-bond donors (Lipinski definition) is 1. The van der Waals surface area contributed by atoms with Crippen LogP contribution in [-0.2, 0) is 4.74 Å². The van der Waals surface area contributed by atoms with E-state index in [0.29, 0.717) is 24.2 Å². The molecule has 1 heterocycles. The summed E-state index contributed by atoms with van der Waals surface area (Å²) in [4.78, 5) is 36.6. The van der Waals surface area contributed by atoms with Gasteiger partial charge in [0.25, 0.3) is 11.1 Å². The highest BCUT2D eigenvalue weighted by Crippen LogP contribution is 2.20. The topological polar surface area (TPSA) is 75.7 Å². The van der Waals surface area contributed by atoms with Gasteiger partial charge in [-0.05, 0) is 63.8 Å². The first-order valence-corrected chi connectivity index (χ1v) is 11.1. The monoisotopic (exact) mass is 458 g/mol. The van der Waals surface area contributed by atoms with Crippen molar-refractivity contribution < 1.29 is 19.1 Å². The van der Waals surface area contributed by atoms with Gasteiger partial charge in [-0.15, -0.1) is 0 Å². The molecule has 7 heteroatoms. The second-order valence-corrected chi connectivity index (χ2v) is 8.88. The van der Waals surface area contributed by atoms with Crippen LogP contribution in [0.3, 0.4) is 0 Å². The number of ether oxygens (including phenoxy) is 1. The molecule has 172 valence electrons. The van der Waals surface area contributed by atoms with Crippen molar-refractivity contribution in [1.82, 2.24) is 10.2 Å². The van der Waals surface area contributed by atoms with Crippen LogP contribution in [0, 0.1) is 0 Å². The van der Waals surface area contributed by atoms with Gasteiger partial charge in [-0.3, -0.25) is 9.59 Å². The lowest BCUT2D eigenvalue weighted by atomic mass is 10.0. The van der Waals surface area contributed by atoms with Crippen LogP contribution in [0.4, 0.5) is 4.79 Å². The maximum Gasteiger partial charge on any atom is 0.410 e. The molecule has 1 fully saturated rings. The first-order valence-electron chi connectivity index (χ1n) is 10.7. The zero-order chi connectivity index (χ0) is 23.6. The van der Waals surface area contributed by atoms with Gasteiger partial charge in [-0.2, -0.15) is 0 Å². The fraction of sp³-hybridized carbons (Fsp3) is 0.400. The first-order chi connectivity index (χ1) is 15.2. The van der Waals surface area contributed by atoms with Crippen molar-refractivity contribution in [2.45, 2.75) is 51.7 Å². The van der Waals surface area contributed by atoms with E-state index >= 15 is 0 Å². The number of nitrogens with zero attached hydrogens (tertiary/aromatic N) is 1. The Morgan fingerprint density at radius 1 is 0.969 bits per heavy atom. The van der Waals surface area contributed by atoms with Crippen LogP contribution in [-0.4, -0.2) is 46.9 Å². The normalized spacial score (nSPS) is 15.8. The summed E-state index contributed by atoms with van der Waals surface area (Å²) in [6, 6.07) is 17.8. The number of hydrogen-bond acceptors (Lipinski definition) is 4. The summed E-state index contributed by atoms with van der Waals surface area (Å²) >= 11 is 5.16. The van der Waals surface area contributed by atoms with Crippen LogP contribution >= 0.6 is 11.6 Å². The van der Waals surface area contributed by atoms with E-state index in [0.717, 1.165) is 19.3 Å². The van der Waals surface area contributed by atoms with Crippen LogP contribution < -0.4 is 5.32 Å². The number of carbonyl (C=O) groups excluding carboxylic acids is 3. The molecule has 0 radical (unpaired) electrons. The SMILES string of the molecule is CC(C)(C)OC(=O)N1CCCCC1CNC(=O)c1ccccc1.O=C(Cl)c1ccccc1. The molecule has 1 aliphatic heterocycles. The molecular formula is C25H31ClN2O4. The maximum atomic E-state index is 12.3. The summed E-state index contributed by atoms with van der Waals surface area (Å²) in [6.45, 7) is 6.72. The largest absolute Gasteiger partial charge is 0.444 e. The van der Waals surface area contributed by atoms with Gasteiger partial charge < -0.3 is 15.0 Å². The molecule has 1 atom stereocenters. The van der Waals surface area contributed by atoms with Crippen molar-refractivity contribution in [3.05, 3.63) is 71.8 Å². The molecule has 0 saturated carbocycles. The lowest BCUT2D eigenvalue weighted by Gasteiger charge is -2.36. The van der Waals surface area contributed by atoms with E-state index in [2.05, 4.69) is 5.32 Å². The number of amides is 2. The molecule has 1 saturated heterocycles. The Bertz CT molecular complexity index is 882. The van der Waals surface area contributed by atoms with Gasteiger partial charge in [0.1, 0.15) is 5.60 Å². The zero-order valence-corrected chi connectivity index (χ0v) is 19.6. The molecule has 1 unspecified atom stereocenters. The molecule has 6 nitrogen and oxygen atoms in total. The third-order valence-electron chi connectivity index (χ3n) is 4.79. The lowest BCUT2D eigenvalue weighted by molar-refractivity contribution is 0.00985. The van der Waals surface area contributed by atoms with E-state index < -0.39 is 10.8 Å². The van der Waals surface area contributed by atoms with Crippen LogP contribution in [0.15, 0.2) is 60.7 Å². The minimum absolute atomic E-state index is 0.00809. The van der Waals surface area contributed by atoms with Crippen molar-refractivity contribution in [3.63, 3.8) is 0 Å². The average Bonchev–Trinajstić information content (AvgIpc) is 2.78. The van der Waals surface area contributed by atoms with E-state index in [4.69, 9.17) is 16.3 Å². The Morgan fingerprint density at radius 2 is 1.53 bits per heavy atom. The highest BCUT2D eigenvalue weighted by molar-refractivity contribution is 6.67. The smallest absolute Gasteiger partial charge is 0.410 e. The van der Waals surface area contributed by atoms with Gasteiger partial charge in [-0.25, -0.2) is 4.79 Å². The Labute approximate surface area is 194 Å². The summed E-state index contributed by atoms with van der Waals surface area (Å²) < 4.78 is 5.47. The third kappa shape index (κ3) is 8.71. The minimum atomic E-state index is -0.508. The summed E-state index contributed by atoms with van der Waals surface area (Å²) in [5.74, 6) is -0.111. The second-order valence-electron chi connectivity index (χ2n) is 8.54. The van der Waals surface area contributed by atoms with E-state index in [1.54, 1.807) is 41.3 Å². The van der Waals surface area contributed by atoms with Crippen molar-refractivity contribution >= 4 is 28.8 Å². The molecule has 0 aromatic heterocycles. The van der Waals surface area contributed by atoms with Gasteiger partial charge in [0.05, 0.1) is 6.04 Å². The summed E-state index contributed by atoms with van der Waals surface area (Å²) in [5.41, 5.74) is 0.665. The average molecular weight is 459 g/mol. The van der Waals surface area contributed by atoms with Gasteiger partial charge in [0, 0.05) is 24.2 Å². The fourth-order valence-electron chi connectivity index (χ4n) is 3.24. The molecule has 0 spiro atoms. The fourth-order valence-corrected chi connectivity index (χ4v) is 3.37. The third-order valence-corrected chi connectivity index (χ3v) is 5.01. The number of halogens is 1. The van der Waals surface area contributed by atoms with E-state index in [9.17, 15) is 14.4 Å². The van der Waals surface area contributed by atoms with Gasteiger partial charge in [0.15, 0.2) is 0 Å². The van der Waals surface area contributed by atoms with Crippen LogP contribution in [0.1, 0.15) is 60.7 Å². The standard InChI is InChI=1S/C18H26N2O3.C7H5ClO/c1-18(2,3)23-17(22)20-12-8-7-11-15(20)13-19-16(21)14-9-5-4-6-10-14;8-7(9)6-4-2-1-3-5-6/h4-6,9-10,15H,7-8,11-13H2,1-3H3,(H,19,21);1-5H. The van der Waals surface area contributed by atoms with E-state index in [1.165, 1.54) is 0 Å². The van der Waals surface area contributed by atoms with Crippen LogP contribution in [0.5, 0.6) is 0 Å². The Morgan fingerprint density at radius 3 is 2.03 bits per heavy atom. The number of piperidine rings is 1. The van der Waals surface area contributed by atoms with Gasteiger partial charge in [0.2, 0.25) is 0 Å². The molecule has 0 bridgehead atoms. The second kappa shape index (κ2) is 12.2. The first kappa shape index (κ1) is 25.4. The van der Waals surface area contributed by atoms with Gasteiger partial charge in [-0.1, -0.05) is 48.5 Å². The Kier molecular flexibility index (Phi) is 9.72. The van der Waals surface area contributed by atoms with E-state index in [-0.39, 0.29) is 18.0 Å². The summed E-state index contributed by atoms with van der Waals surface area (Å²) in [7, 11) is 0. The molecule has 32 heavy (non-hydrogen) atoms. The molecule has 2 aromatic rings. The van der Waals surface area contributed by atoms with Crippen molar-refractivity contribution in [2.75, 3.05) is 13.1 Å². The van der Waals surface area contributed by atoms with Crippen molar-refractivity contribution in [2.24, 2.45) is 0 Å². The number of rotatable bonds is 4. The molecule has 2 aromatic carbocycles. The predicted molar refractivity (Wildman–Crippen MR) is 126 cm³/mol. The quantitative estimate of drug-likeness (QED) is 0.633. The molecule has 3 rings (SSSR count). The highest BCUT2D eigenvalue weighted by Gasteiger charge is 2.30. The van der Waals surface area contributed by atoms with Crippen LogP contribution in [0.25, 0.3) is 0 Å². The lowest BCUT2D eigenvalue weighted by Crippen LogP contribution is -2.50. The number of nitrogens with one attached hydrogen (secondary N) is 1. The van der Waals surface area contributed by atoms with Crippen molar-refractivity contribution in [3.8, 4) is 0 Å². The molecule has 1 aliphatic rings. The Balaban J connectivity index is 0.000000336. The van der Waals surface area contributed by atoms with E-state index in [1.807, 2.05) is 45.0 Å². The zero-order valence-electron chi connectivity index (χ0n) is 18.8. The maximum absolute atomic E-state index is 12.3. The van der Waals surface area contributed by atoms with Crippen molar-refractivity contribution in [1.29, 1.82) is 0 Å². The molecule has 0 aliphatic carbocycles. The molecular weight excluding hydrogens is 428 g/mol. The predicted octanol–water partition coefficient (Wildman–Crippen LogP) is 5.27. The highest BCUT2D eigenvalue weighted by atomic mass is 35.5. The summed E-state index contributed by atoms with van der Waals surface area (Å²) in [6.07, 6.45) is 2.62. The van der Waals surface area contributed by atoms with Gasteiger partial charge >= 0.3 is 6.09 Å². The number of likely N-dealkylation sites (tertiary alicyclic amines) is 1. The molecule has 1 N–H and O–H groups in total. The summed E-state index contributed by atoms with van der Waals surface area (Å²) in [5, 5.41) is 2.52. The Hall–Kier alpha value is -2.86.